The number of aryl methyl sites for hydroxylation is 1. The third kappa shape index (κ3) is 2.35. The molecule has 1 N–H and O–H groups in total. The Morgan fingerprint density at radius 2 is 1.81 bits per heavy atom. The van der Waals surface area contributed by atoms with Crippen molar-refractivity contribution in [2.75, 3.05) is 13.2 Å². The van der Waals surface area contributed by atoms with Gasteiger partial charge in [-0.25, -0.2) is 9.59 Å². The van der Waals surface area contributed by atoms with Gasteiger partial charge in [0, 0.05) is 5.56 Å². The van der Waals surface area contributed by atoms with Gasteiger partial charge >= 0.3 is 17.5 Å². The number of aliphatic hydroxyl groups is 1. The first kappa shape index (κ1) is 15.3. The lowest BCUT2D eigenvalue weighted by Crippen LogP contribution is -2.55. The lowest BCUT2D eigenvalue weighted by atomic mass is 9.93. The average Bonchev–Trinajstić information content (AvgIpc) is 2.74. The summed E-state index contributed by atoms with van der Waals surface area (Å²) in [6.45, 7) is 5.17. The van der Waals surface area contributed by atoms with Crippen molar-refractivity contribution in [2.24, 2.45) is 0 Å². The van der Waals surface area contributed by atoms with Crippen molar-refractivity contribution in [3.05, 3.63) is 29.3 Å². The van der Waals surface area contributed by atoms with E-state index in [1.165, 1.54) is 0 Å². The summed E-state index contributed by atoms with van der Waals surface area (Å²) in [5.74, 6) is -1.64. The molecule has 0 amide bonds. The molecule has 0 saturated heterocycles. The molecule has 1 aliphatic rings. The fourth-order valence-corrected chi connectivity index (χ4v) is 2.29. The molecule has 6 nitrogen and oxygen atoms in total. The Morgan fingerprint density at radius 3 is 2.33 bits per heavy atom. The molecular weight excluding hydrogens is 276 g/mol. The van der Waals surface area contributed by atoms with Gasteiger partial charge in [0.1, 0.15) is 11.9 Å². The molecule has 1 aromatic carbocycles. The van der Waals surface area contributed by atoms with Gasteiger partial charge < -0.3 is 19.3 Å². The largest absolute Gasteiger partial charge is 0.462 e. The summed E-state index contributed by atoms with van der Waals surface area (Å²) < 4.78 is 15.3. The van der Waals surface area contributed by atoms with Crippen LogP contribution in [0.15, 0.2) is 18.2 Å². The van der Waals surface area contributed by atoms with Crippen molar-refractivity contribution in [1.82, 2.24) is 0 Å². The number of hydrogen-bond acceptors (Lipinski definition) is 6. The number of aliphatic hydroxyl groups excluding tert-OH is 1. The molecule has 0 radical (unpaired) electrons. The third-order valence-electron chi connectivity index (χ3n) is 3.27. The second-order valence-electron chi connectivity index (χ2n) is 4.72. The molecule has 0 saturated carbocycles. The number of benzene rings is 1. The number of esters is 2. The second kappa shape index (κ2) is 5.73. The van der Waals surface area contributed by atoms with E-state index in [0.29, 0.717) is 5.56 Å². The molecule has 114 valence electrons. The summed E-state index contributed by atoms with van der Waals surface area (Å²) in [5.41, 5.74) is -0.946. The number of ether oxygens (including phenoxy) is 3. The summed E-state index contributed by atoms with van der Waals surface area (Å²) in [7, 11) is 0. The van der Waals surface area contributed by atoms with Gasteiger partial charge in [-0.05, 0) is 32.9 Å². The summed E-state index contributed by atoms with van der Waals surface area (Å²) in [6, 6.07) is 5.03. The van der Waals surface area contributed by atoms with E-state index in [1.54, 1.807) is 32.0 Å². The molecule has 0 aromatic heterocycles. The van der Waals surface area contributed by atoms with Crippen LogP contribution in [0.5, 0.6) is 5.75 Å². The minimum Gasteiger partial charge on any atom is -0.462 e. The zero-order chi connectivity index (χ0) is 15.6. The molecular formula is C15H18O6. The maximum absolute atomic E-state index is 12.2. The Morgan fingerprint density at radius 1 is 1.24 bits per heavy atom. The first-order chi connectivity index (χ1) is 9.97. The van der Waals surface area contributed by atoms with Gasteiger partial charge in [0.15, 0.2) is 0 Å². The minimum atomic E-state index is -2.19. The van der Waals surface area contributed by atoms with Gasteiger partial charge in [-0.2, -0.15) is 0 Å². The number of carbonyl (C=O) groups excluding carboxylic acids is 2. The van der Waals surface area contributed by atoms with E-state index in [4.69, 9.17) is 14.2 Å². The van der Waals surface area contributed by atoms with Gasteiger partial charge in [-0.15, -0.1) is 0 Å². The second-order valence-corrected chi connectivity index (χ2v) is 4.72. The van der Waals surface area contributed by atoms with Gasteiger partial charge in [-0.1, -0.05) is 11.6 Å². The van der Waals surface area contributed by atoms with Crippen LogP contribution in [-0.4, -0.2) is 35.9 Å². The number of fused-ring (bicyclic) bond motifs is 1. The van der Waals surface area contributed by atoms with Crippen molar-refractivity contribution in [3.8, 4) is 5.75 Å². The van der Waals surface area contributed by atoms with Crippen LogP contribution in [0.4, 0.5) is 0 Å². The fraction of sp³-hybridized carbons (Fsp3) is 0.467. The van der Waals surface area contributed by atoms with Crippen LogP contribution < -0.4 is 4.74 Å². The molecule has 1 heterocycles. The normalized spacial score (nSPS) is 18.6. The first-order valence-corrected chi connectivity index (χ1v) is 6.79. The molecule has 21 heavy (non-hydrogen) atoms. The van der Waals surface area contributed by atoms with Crippen molar-refractivity contribution >= 4 is 11.9 Å². The number of carbonyl (C=O) groups is 2. The maximum atomic E-state index is 12.2. The molecule has 0 fully saturated rings. The highest BCUT2D eigenvalue weighted by Crippen LogP contribution is 2.45. The van der Waals surface area contributed by atoms with Crippen LogP contribution in [0.2, 0.25) is 0 Å². The van der Waals surface area contributed by atoms with E-state index in [1.807, 2.05) is 6.92 Å². The molecule has 1 aromatic rings. The van der Waals surface area contributed by atoms with Gasteiger partial charge in [0.05, 0.1) is 13.2 Å². The highest BCUT2D eigenvalue weighted by molar-refractivity contribution is 6.06. The Bertz CT molecular complexity index is 547. The highest BCUT2D eigenvalue weighted by Gasteiger charge is 2.62. The molecule has 1 unspecified atom stereocenters. The van der Waals surface area contributed by atoms with Crippen molar-refractivity contribution in [3.63, 3.8) is 0 Å². The lowest BCUT2D eigenvalue weighted by molar-refractivity contribution is -0.187. The van der Waals surface area contributed by atoms with Crippen LogP contribution in [0, 0.1) is 6.92 Å². The molecule has 1 aliphatic heterocycles. The summed E-state index contributed by atoms with van der Waals surface area (Å²) in [6.07, 6.45) is -1.47. The third-order valence-corrected chi connectivity index (χ3v) is 3.27. The Balaban J connectivity index is 2.48. The molecule has 0 spiro atoms. The number of hydrogen-bond donors (Lipinski definition) is 1. The molecule has 1 atom stereocenters. The molecule has 6 heteroatoms. The van der Waals surface area contributed by atoms with E-state index in [9.17, 15) is 14.7 Å². The van der Waals surface area contributed by atoms with E-state index >= 15 is 0 Å². The molecule has 0 bridgehead atoms. The van der Waals surface area contributed by atoms with E-state index < -0.39 is 23.6 Å². The van der Waals surface area contributed by atoms with Crippen LogP contribution in [0.1, 0.15) is 31.1 Å². The van der Waals surface area contributed by atoms with Crippen molar-refractivity contribution in [1.29, 1.82) is 0 Å². The van der Waals surface area contributed by atoms with Crippen LogP contribution in [0.25, 0.3) is 0 Å². The highest BCUT2D eigenvalue weighted by atomic mass is 16.6. The average molecular weight is 294 g/mol. The van der Waals surface area contributed by atoms with E-state index in [-0.39, 0.29) is 19.0 Å². The summed E-state index contributed by atoms with van der Waals surface area (Å²) in [4.78, 5) is 24.5. The summed E-state index contributed by atoms with van der Waals surface area (Å²) in [5, 5.41) is 10.5. The SMILES string of the molecule is CCOC(=O)C1(C(=O)OCC)Oc2ccc(C)cc2C1O. The zero-order valence-corrected chi connectivity index (χ0v) is 12.2. The van der Waals surface area contributed by atoms with E-state index in [0.717, 1.165) is 5.56 Å². The Hall–Kier alpha value is -2.08. The first-order valence-electron chi connectivity index (χ1n) is 6.79. The predicted molar refractivity (Wildman–Crippen MR) is 72.8 cm³/mol. The van der Waals surface area contributed by atoms with Crippen LogP contribution in [-0.2, 0) is 19.1 Å². The zero-order valence-electron chi connectivity index (χ0n) is 12.2. The van der Waals surface area contributed by atoms with Gasteiger partial charge in [-0.3, -0.25) is 0 Å². The molecule has 2 rings (SSSR count). The Kier molecular flexibility index (Phi) is 4.18. The monoisotopic (exact) mass is 294 g/mol. The standard InChI is InChI=1S/C15H18O6/c1-4-19-13(17)15(14(18)20-5-2)12(16)10-8-9(3)6-7-11(10)21-15/h6-8,12,16H,4-5H2,1-3H3. The van der Waals surface area contributed by atoms with Crippen LogP contribution >= 0.6 is 0 Å². The minimum absolute atomic E-state index is 0.0610. The predicted octanol–water partition coefficient (Wildman–Crippen LogP) is 1.29. The topological polar surface area (TPSA) is 82.1 Å². The van der Waals surface area contributed by atoms with Crippen LogP contribution in [0.3, 0.4) is 0 Å². The van der Waals surface area contributed by atoms with E-state index in [2.05, 4.69) is 0 Å². The van der Waals surface area contributed by atoms with Gasteiger partial charge in [0.25, 0.3) is 0 Å². The quantitative estimate of drug-likeness (QED) is 0.665. The van der Waals surface area contributed by atoms with Crippen molar-refractivity contribution < 1.29 is 28.9 Å². The Labute approximate surface area is 122 Å². The van der Waals surface area contributed by atoms with Gasteiger partial charge in [0.2, 0.25) is 0 Å². The number of rotatable bonds is 4. The lowest BCUT2D eigenvalue weighted by Gasteiger charge is -2.26. The smallest absolute Gasteiger partial charge is 0.365 e. The molecule has 0 aliphatic carbocycles. The summed E-state index contributed by atoms with van der Waals surface area (Å²) >= 11 is 0. The maximum Gasteiger partial charge on any atom is 0.365 e. The fourth-order valence-electron chi connectivity index (χ4n) is 2.29. The van der Waals surface area contributed by atoms with Crippen molar-refractivity contribution in [2.45, 2.75) is 32.5 Å².